The number of hydrogen-bond acceptors (Lipinski definition) is 5. The van der Waals surface area contributed by atoms with Crippen LogP contribution >= 0.6 is 0 Å². The summed E-state index contributed by atoms with van der Waals surface area (Å²) in [5.41, 5.74) is 3.14. The van der Waals surface area contributed by atoms with Gasteiger partial charge in [-0.1, -0.05) is 0 Å². The van der Waals surface area contributed by atoms with Crippen LogP contribution in [0.2, 0.25) is 0 Å². The molecule has 6 nitrogen and oxygen atoms in total. The average Bonchev–Trinajstić information content (AvgIpc) is 3.05. The van der Waals surface area contributed by atoms with Crippen LogP contribution in [0.4, 0.5) is 5.82 Å². The lowest BCUT2D eigenvalue weighted by atomic mass is 9.88. The van der Waals surface area contributed by atoms with E-state index < -0.39 is 0 Å². The van der Waals surface area contributed by atoms with E-state index >= 15 is 0 Å². The summed E-state index contributed by atoms with van der Waals surface area (Å²) in [7, 11) is 0. The molecule has 0 aliphatic carbocycles. The molecule has 2 aromatic rings. The van der Waals surface area contributed by atoms with Crippen molar-refractivity contribution >= 4 is 16.9 Å². The standard InChI is InChI=1S/C16H23N5O/c1-10-7-11(2)18-14-13(10)15(21-20-14)19-12-8-16(22-9-12)3-5-17-6-4-16/h7,12,17H,3-6,8-9H2,1-2H3,(H2,18,19,20,21)/t12-/m0/s1. The van der Waals surface area contributed by atoms with Crippen LogP contribution in [0.5, 0.6) is 0 Å². The highest BCUT2D eigenvalue weighted by Gasteiger charge is 2.41. The second-order valence-electron chi connectivity index (χ2n) is 6.67. The largest absolute Gasteiger partial charge is 0.373 e. The molecule has 118 valence electrons. The van der Waals surface area contributed by atoms with Crippen LogP contribution in [0.1, 0.15) is 30.5 Å². The lowest BCUT2D eigenvalue weighted by molar-refractivity contribution is -0.0192. The number of fused-ring (bicyclic) bond motifs is 1. The fraction of sp³-hybridized carbons (Fsp3) is 0.625. The molecule has 4 heterocycles. The molecule has 4 rings (SSSR count). The smallest absolute Gasteiger partial charge is 0.157 e. The van der Waals surface area contributed by atoms with Crippen molar-refractivity contribution < 1.29 is 4.74 Å². The molecular formula is C16H23N5O. The predicted octanol–water partition coefficient (Wildman–Crippen LogP) is 1.90. The van der Waals surface area contributed by atoms with E-state index in [0.717, 1.165) is 61.5 Å². The summed E-state index contributed by atoms with van der Waals surface area (Å²) in [6.07, 6.45) is 3.26. The highest BCUT2D eigenvalue weighted by atomic mass is 16.5. The first-order chi connectivity index (χ1) is 10.7. The van der Waals surface area contributed by atoms with Crippen molar-refractivity contribution in [2.75, 3.05) is 25.0 Å². The second-order valence-corrected chi connectivity index (χ2v) is 6.67. The summed E-state index contributed by atoms with van der Waals surface area (Å²) < 4.78 is 6.15. The van der Waals surface area contributed by atoms with Gasteiger partial charge in [0.2, 0.25) is 0 Å². The SMILES string of the molecule is Cc1cc(C)c2c(N[C@@H]3COC4(CCNCC4)C3)n[nH]c2n1. The number of H-pyrrole nitrogens is 1. The maximum absolute atomic E-state index is 6.15. The van der Waals surface area contributed by atoms with Gasteiger partial charge in [-0.2, -0.15) is 5.10 Å². The summed E-state index contributed by atoms with van der Waals surface area (Å²) in [5.74, 6) is 0.902. The highest BCUT2D eigenvalue weighted by Crippen LogP contribution is 2.35. The van der Waals surface area contributed by atoms with E-state index in [9.17, 15) is 0 Å². The zero-order valence-electron chi connectivity index (χ0n) is 13.2. The Morgan fingerprint density at radius 1 is 1.32 bits per heavy atom. The molecule has 1 spiro atoms. The molecule has 6 heteroatoms. The summed E-state index contributed by atoms with van der Waals surface area (Å²) in [6.45, 7) is 6.98. The molecule has 2 aromatic heterocycles. The maximum Gasteiger partial charge on any atom is 0.157 e. The van der Waals surface area contributed by atoms with Crippen molar-refractivity contribution in [2.24, 2.45) is 0 Å². The third-order valence-electron chi connectivity index (χ3n) is 4.92. The quantitative estimate of drug-likeness (QED) is 0.790. The van der Waals surface area contributed by atoms with E-state index in [4.69, 9.17) is 4.74 Å². The average molecular weight is 301 g/mol. The van der Waals surface area contributed by atoms with Crippen LogP contribution in [0.15, 0.2) is 6.07 Å². The number of ether oxygens (including phenoxy) is 1. The lowest BCUT2D eigenvalue weighted by Crippen LogP contribution is -2.41. The number of nitrogens with one attached hydrogen (secondary N) is 3. The number of piperidine rings is 1. The minimum Gasteiger partial charge on any atom is -0.373 e. The fourth-order valence-electron chi connectivity index (χ4n) is 3.85. The Bertz CT molecular complexity index is 689. The molecule has 0 saturated carbocycles. The summed E-state index contributed by atoms with van der Waals surface area (Å²) in [4.78, 5) is 4.52. The minimum absolute atomic E-state index is 0.0684. The molecule has 0 radical (unpaired) electrons. The summed E-state index contributed by atoms with van der Waals surface area (Å²) in [5, 5.41) is 15.5. The Kier molecular flexibility index (Phi) is 3.31. The number of anilines is 1. The van der Waals surface area contributed by atoms with Crippen LogP contribution < -0.4 is 10.6 Å². The van der Waals surface area contributed by atoms with Crippen molar-refractivity contribution in [1.29, 1.82) is 0 Å². The van der Waals surface area contributed by atoms with Crippen LogP contribution in [-0.2, 0) is 4.74 Å². The Hall–Kier alpha value is -1.66. The molecule has 0 aromatic carbocycles. The number of hydrogen-bond donors (Lipinski definition) is 3. The van der Waals surface area contributed by atoms with Gasteiger partial charge in [-0.3, -0.25) is 5.10 Å². The van der Waals surface area contributed by atoms with Crippen LogP contribution in [0.3, 0.4) is 0 Å². The Labute approximate surface area is 130 Å². The predicted molar refractivity (Wildman–Crippen MR) is 86.2 cm³/mol. The van der Waals surface area contributed by atoms with Crippen molar-refractivity contribution in [3.8, 4) is 0 Å². The third kappa shape index (κ3) is 2.36. The van der Waals surface area contributed by atoms with Crippen LogP contribution in [0, 0.1) is 13.8 Å². The fourth-order valence-corrected chi connectivity index (χ4v) is 3.85. The van der Waals surface area contributed by atoms with E-state index in [0.29, 0.717) is 6.04 Å². The van der Waals surface area contributed by atoms with Crippen LogP contribution in [0.25, 0.3) is 11.0 Å². The van der Waals surface area contributed by atoms with Gasteiger partial charge >= 0.3 is 0 Å². The van der Waals surface area contributed by atoms with Gasteiger partial charge < -0.3 is 15.4 Å². The Morgan fingerprint density at radius 3 is 2.95 bits per heavy atom. The molecule has 2 aliphatic heterocycles. The molecular weight excluding hydrogens is 278 g/mol. The molecule has 3 N–H and O–H groups in total. The zero-order valence-corrected chi connectivity index (χ0v) is 13.2. The Morgan fingerprint density at radius 2 is 2.14 bits per heavy atom. The lowest BCUT2D eigenvalue weighted by Gasteiger charge is -2.32. The van der Waals surface area contributed by atoms with E-state index in [-0.39, 0.29) is 5.60 Å². The van der Waals surface area contributed by atoms with Crippen molar-refractivity contribution in [3.63, 3.8) is 0 Å². The number of aromatic nitrogens is 3. The molecule has 2 aliphatic rings. The highest BCUT2D eigenvalue weighted by molar-refractivity contribution is 5.90. The van der Waals surface area contributed by atoms with Gasteiger partial charge in [0.05, 0.1) is 23.6 Å². The van der Waals surface area contributed by atoms with Gasteiger partial charge in [0.25, 0.3) is 0 Å². The van der Waals surface area contributed by atoms with E-state index in [1.165, 1.54) is 5.56 Å². The van der Waals surface area contributed by atoms with E-state index in [2.05, 4.69) is 38.8 Å². The number of pyridine rings is 1. The summed E-state index contributed by atoms with van der Waals surface area (Å²) >= 11 is 0. The van der Waals surface area contributed by atoms with Gasteiger partial charge in [0, 0.05) is 5.69 Å². The molecule has 1 atom stereocenters. The molecule has 2 fully saturated rings. The maximum atomic E-state index is 6.15. The first-order valence-electron chi connectivity index (χ1n) is 8.09. The first kappa shape index (κ1) is 14.0. The minimum atomic E-state index is 0.0684. The third-order valence-corrected chi connectivity index (χ3v) is 4.92. The van der Waals surface area contributed by atoms with Crippen molar-refractivity contribution in [3.05, 3.63) is 17.3 Å². The van der Waals surface area contributed by atoms with Gasteiger partial charge in [-0.05, 0) is 57.8 Å². The van der Waals surface area contributed by atoms with Crippen molar-refractivity contribution in [1.82, 2.24) is 20.5 Å². The number of rotatable bonds is 2. The van der Waals surface area contributed by atoms with E-state index in [1.807, 2.05) is 6.92 Å². The van der Waals surface area contributed by atoms with E-state index in [1.54, 1.807) is 0 Å². The molecule has 0 unspecified atom stereocenters. The number of nitrogens with zero attached hydrogens (tertiary/aromatic N) is 2. The summed E-state index contributed by atoms with van der Waals surface area (Å²) in [6, 6.07) is 2.42. The monoisotopic (exact) mass is 301 g/mol. The normalized spacial score (nSPS) is 24.2. The topological polar surface area (TPSA) is 74.9 Å². The second kappa shape index (κ2) is 5.21. The molecule has 0 amide bonds. The number of aryl methyl sites for hydroxylation is 2. The molecule has 22 heavy (non-hydrogen) atoms. The number of aromatic amines is 1. The first-order valence-corrected chi connectivity index (χ1v) is 8.09. The zero-order chi connectivity index (χ0) is 15.2. The van der Waals surface area contributed by atoms with Crippen LogP contribution in [-0.4, -0.2) is 46.5 Å². The van der Waals surface area contributed by atoms with Gasteiger partial charge in [-0.15, -0.1) is 0 Å². The van der Waals surface area contributed by atoms with Gasteiger partial charge in [-0.25, -0.2) is 4.98 Å². The van der Waals surface area contributed by atoms with Crippen molar-refractivity contribution in [2.45, 2.75) is 44.8 Å². The van der Waals surface area contributed by atoms with Gasteiger partial charge in [0.1, 0.15) is 0 Å². The molecule has 0 bridgehead atoms. The molecule has 2 saturated heterocycles. The Balaban J connectivity index is 1.55. The van der Waals surface area contributed by atoms with Gasteiger partial charge in [0.15, 0.2) is 11.5 Å².